The maximum atomic E-state index is 12.1. The normalized spacial score (nSPS) is 10.8. The molecule has 1 aromatic carbocycles. The Bertz CT molecular complexity index is 911. The maximum absolute atomic E-state index is 12.1. The van der Waals surface area contributed by atoms with Gasteiger partial charge in [-0.3, -0.25) is 4.79 Å². The minimum absolute atomic E-state index is 0.137. The lowest BCUT2D eigenvalue weighted by atomic mass is 10.1. The lowest BCUT2D eigenvalue weighted by Gasteiger charge is -2.03. The number of aromatic nitrogens is 4. The minimum Gasteiger partial charge on any atom is -0.508 e. The predicted molar refractivity (Wildman–Crippen MR) is 111 cm³/mol. The molecule has 0 aliphatic rings. The molecule has 0 unspecified atom stereocenters. The molecule has 0 spiro atoms. The van der Waals surface area contributed by atoms with Crippen LogP contribution in [0.2, 0.25) is 0 Å². The van der Waals surface area contributed by atoms with Gasteiger partial charge >= 0.3 is 0 Å². The molecule has 148 valence electrons. The van der Waals surface area contributed by atoms with E-state index in [4.69, 9.17) is 0 Å². The minimum atomic E-state index is -0.137. The number of aromatic hydroxyl groups is 1. The van der Waals surface area contributed by atoms with E-state index in [1.165, 1.54) is 11.3 Å². The summed E-state index contributed by atoms with van der Waals surface area (Å²) in [6.07, 6.45) is 4.45. The summed E-state index contributed by atoms with van der Waals surface area (Å²) in [4.78, 5) is 12.1. The Morgan fingerprint density at radius 2 is 1.61 bits per heavy atom. The van der Waals surface area contributed by atoms with Gasteiger partial charge in [0.15, 0.2) is 0 Å². The Balaban J connectivity index is 1.37. The standard InChI is InChI=1S/C18H22N6O2S2/c1-19-17-23-21-15(27-17)8-4-5-9-16-22-24-18(28-16)20-14(26)11-10-12-6-2-3-7-13(12)25/h2-3,6-7,25H,4-5,8-11H2,1H3,(H,19,23)(H,20,24,26). The van der Waals surface area contributed by atoms with Crippen molar-refractivity contribution in [2.24, 2.45) is 0 Å². The van der Waals surface area contributed by atoms with E-state index in [0.717, 1.165) is 46.4 Å². The third-order valence-corrected chi connectivity index (χ3v) is 5.94. The highest BCUT2D eigenvalue weighted by molar-refractivity contribution is 7.15. The number of benzene rings is 1. The second-order valence-electron chi connectivity index (χ2n) is 6.14. The number of aryl methyl sites for hydroxylation is 3. The van der Waals surface area contributed by atoms with Crippen molar-refractivity contribution in [3.05, 3.63) is 39.8 Å². The van der Waals surface area contributed by atoms with Crippen LogP contribution in [0, 0.1) is 0 Å². The number of nitrogens with zero attached hydrogens (tertiary/aromatic N) is 4. The zero-order chi connectivity index (χ0) is 19.8. The third kappa shape index (κ3) is 5.96. The van der Waals surface area contributed by atoms with Crippen LogP contribution in [0.25, 0.3) is 0 Å². The number of unbranched alkanes of at least 4 members (excludes halogenated alkanes) is 1. The topological polar surface area (TPSA) is 113 Å². The Labute approximate surface area is 171 Å². The van der Waals surface area contributed by atoms with Gasteiger partial charge in [-0.2, -0.15) is 0 Å². The maximum Gasteiger partial charge on any atom is 0.226 e. The molecule has 28 heavy (non-hydrogen) atoms. The molecule has 0 bridgehead atoms. The van der Waals surface area contributed by atoms with Crippen LogP contribution in [0.5, 0.6) is 5.75 Å². The zero-order valence-electron chi connectivity index (χ0n) is 15.5. The third-order valence-electron chi connectivity index (χ3n) is 4.04. The molecule has 8 nitrogen and oxygen atoms in total. The fourth-order valence-corrected chi connectivity index (χ4v) is 4.10. The monoisotopic (exact) mass is 418 g/mol. The molecule has 3 aromatic rings. The first-order valence-corrected chi connectivity index (χ1v) is 10.7. The average Bonchev–Trinajstić information content (AvgIpc) is 3.34. The summed E-state index contributed by atoms with van der Waals surface area (Å²) in [6.45, 7) is 0. The van der Waals surface area contributed by atoms with Crippen LogP contribution in [-0.2, 0) is 24.1 Å². The molecule has 0 fully saturated rings. The number of anilines is 2. The molecule has 0 saturated heterocycles. The van der Waals surface area contributed by atoms with E-state index in [9.17, 15) is 9.90 Å². The molecule has 2 aromatic heterocycles. The fraction of sp³-hybridized carbons (Fsp3) is 0.389. The summed E-state index contributed by atoms with van der Waals surface area (Å²) in [7, 11) is 1.83. The Morgan fingerprint density at radius 3 is 2.25 bits per heavy atom. The van der Waals surface area contributed by atoms with E-state index in [2.05, 4.69) is 31.0 Å². The van der Waals surface area contributed by atoms with Crippen molar-refractivity contribution >= 4 is 38.8 Å². The molecule has 0 radical (unpaired) electrons. The number of carbonyl (C=O) groups excluding carboxylic acids is 1. The molecule has 2 heterocycles. The number of amides is 1. The molecule has 3 N–H and O–H groups in total. The largest absolute Gasteiger partial charge is 0.508 e. The molecule has 0 atom stereocenters. The van der Waals surface area contributed by atoms with Crippen LogP contribution >= 0.6 is 22.7 Å². The van der Waals surface area contributed by atoms with Gasteiger partial charge in [0.25, 0.3) is 0 Å². The summed E-state index contributed by atoms with van der Waals surface area (Å²) in [5.74, 6) is 0.0757. The van der Waals surface area contributed by atoms with Gasteiger partial charge in [0.1, 0.15) is 15.8 Å². The summed E-state index contributed by atoms with van der Waals surface area (Å²) in [5.41, 5.74) is 0.757. The average molecular weight is 419 g/mol. The molecule has 0 saturated carbocycles. The van der Waals surface area contributed by atoms with Gasteiger partial charge in [-0.15, -0.1) is 20.4 Å². The number of hydrogen-bond donors (Lipinski definition) is 3. The van der Waals surface area contributed by atoms with Crippen molar-refractivity contribution < 1.29 is 9.90 Å². The highest BCUT2D eigenvalue weighted by Gasteiger charge is 2.10. The molecule has 10 heteroatoms. The number of carbonyl (C=O) groups is 1. The number of nitrogens with one attached hydrogen (secondary N) is 2. The second kappa shape index (κ2) is 10.1. The first kappa shape index (κ1) is 20.2. The van der Waals surface area contributed by atoms with Crippen LogP contribution in [0.4, 0.5) is 10.3 Å². The van der Waals surface area contributed by atoms with Gasteiger partial charge < -0.3 is 15.7 Å². The molecule has 0 aliphatic heterocycles. The summed E-state index contributed by atoms with van der Waals surface area (Å²) in [6, 6.07) is 7.03. The van der Waals surface area contributed by atoms with Crippen LogP contribution in [0.1, 0.15) is 34.8 Å². The summed E-state index contributed by atoms with van der Waals surface area (Å²) >= 11 is 2.97. The van der Waals surface area contributed by atoms with E-state index < -0.39 is 0 Å². The van der Waals surface area contributed by atoms with E-state index in [-0.39, 0.29) is 18.1 Å². The second-order valence-corrected chi connectivity index (χ2v) is 8.26. The van der Waals surface area contributed by atoms with Crippen molar-refractivity contribution in [2.45, 2.75) is 38.5 Å². The van der Waals surface area contributed by atoms with Crippen molar-refractivity contribution in [3.63, 3.8) is 0 Å². The van der Waals surface area contributed by atoms with Crippen LogP contribution in [-0.4, -0.2) is 38.5 Å². The first-order chi connectivity index (χ1) is 13.6. The number of phenolic OH excluding ortho intramolecular Hbond substituents is 1. The molecular formula is C18H22N6O2S2. The zero-order valence-corrected chi connectivity index (χ0v) is 17.1. The van der Waals surface area contributed by atoms with E-state index in [1.807, 2.05) is 19.2 Å². The number of phenols is 1. The van der Waals surface area contributed by atoms with Crippen molar-refractivity contribution in [2.75, 3.05) is 17.7 Å². The van der Waals surface area contributed by atoms with E-state index >= 15 is 0 Å². The number of rotatable bonds is 10. The van der Waals surface area contributed by atoms with E-state index in [1.54, 1.807) is 23.5 Å². The lowest BCUT2D eigenvalue weighted by molar-refractivity contribution is -0.116. The van der Waals surface area contributed by atoms with Crippen molar-refractivity contribution in [3.8, 4) is 5.75 Å². The van der Waals surface area contributed by atoms with Gasteiger partial charge in [-0.1, -0.05) is 40.9 Å². The van der Waals surface area contributed by atoms with Gasteiger partial charge in [0.05, 0.1) is 0 Å². The quantitative estimate of drug-likeness (QED) is 0.433. The SMILES string of the molecule is CNc1nnc(CCCCc2nnc(NC(=O)CCc3ccccc3O)s2)s1. The number of hydrogen-bond acceptors (Lipinski definition) is 9. The predicted octanol–water partition coefficient (Wildman–Crippen LogP) is 3.27. The Hall–Kier alpha value is -2.59. The smallest absolute Gasteiger partial charge is 0.226 e. The number of para-hydroxylation sites is 1. The molecular weight excluding hydrogens is 396 g/mol. The summed E-state index contributed by atoms with van der Waals surface area (Å²) < 4.78 is 0. The lowest BCUT2D eigenvalue weighted by Crippen LogP contribution is -2.12. The van der Waals surface area contributed by atoms with Gasteiger partial charge in [-0.05, 0) is 30.9 Å². The Kier molecular flexibility index (Phi) is 7.26. The highest BCUT2D eigenvalue weighted by Crippen LogP contribution is 2.21. The van der Waals surface area contributed by atoms with Crippen molar-refractivity contribution in [1.82, 2.24) is 20.4 Å². The van der Waals surface area contributed by atoms with Crippen LogP contribution < -0.4 is 10.6 Å². The van der Waals surface area contributed by atoms with Gasteiger partial charge in [0.2, 0.25) is 16.2 Å². The fourth-order valence-electron chi connectivity index (χ4n) is 2.57. The van der Waals surface area contributed by atoms with Crippen molar-refractivity contribution in [1.29, 1.82) is 0 Å². The summed E-state index contributed by atoms with van der Waals surface area (Å²) in [5, 5.41) is 35.1. The van der Waals surface area contributed by atoms with Crippen LogP contribution in [0.3, 0.4) is 0 Å². The Morgan fingerprint density at radius 1 is 0.964 bits per heavy atom. The highest BCUT2D eigenvalue weighted by atomic mass is 32.1. The van der Waals surface area contributed by atoms with Crippen LogP contribution in [0.15, 0.2) is 24.3 Å². The molecule has 3 rings (SSSR count). The van der Waals surface area contributed by atoms with Gasteiger partial charge in [0, 0.05) is 26.3 Å². The molecule has 0 aliphatic carbocycles. The van der Waals surface area contributed by atoms with E-state index in [0.29, 0.717) is 11.6 Å². The first-order valence-electron chi connectivity index (χ1n) is 9.03. The molecule has 1 amide bonds. The van der Waals surface area contributed by atoms with Gasteiger partial charge in [-0.25, -0.2) is 0 Å².